The first kappa shape index (κ1) is 15.9. The summed E-state index contributed by atoms with van der Waals surface area (Å²) >= 11 is 0. The van der Waals surface area contributed by atoms with Crippen molar-refractivity contribution in [3.8, 4) is 0 Å². The predicted octanol–water partition coefficient (Wildman–Crippen LogP) is 2.47. The summed E-state index contributed by atoms with van der Waals surface area (Å²) in [7, 11) is 0. The van der Waals surface area contributed by atoms with Gasteiger partial charge < -0.3 is 10.4 Å². The van der Waals surface area contributed by atoms with E-state index in [9.17, 15) is 14.0 Å². The number of hydrogen-bond donors (Lipinski definition) is 2. The fourth-order valence-corrected chi connectivity index (χ4v) is 1.81. The number of amides is 2. The van der Waals surface area contributed by atoms with Gasteiger partial charge in [0, 0.05) is 12.2 Å². The average Bonchev–Trinajstić information content (AvgIpc) is 2.36. The minimum atomic E-state index is -1.09. The molecule has 6 heteroatoms. The Morgan fingerprint density at radius 2 is 2.05 bits per heavy atom. The lowest BCUT2D eigenvalue weighted by molar-refractivity contribution is -0.140. The molecule has 0 saturated heterocycles. The Morgan fingerprint density at radius 3 is 2.50 bits per heavy atom. The highest BCUT2D eigenvalue weighted by Gasteiger charge is 2.26. The van der Waals surface area contributed by atoms with Crippen LogP contribution in [0.2, 0.25) is 0 Å². The number of halogens is 1. The van der Waals surface area contributed by atoms with E-state index in [-0.39, 0.29) is 5.92 Å². The Balaban J connectivity index is 2.90. The van der Waals surface area contributed by atoms with Gasteiger partial charge in [-0.3, -0.25) is 4.90 Å². The van der Waals surface area contributed by atoms with Gasteiger partial charge >= 0.3 is 12.0 Å². The number of carboxylic acids is 1. The normalized spacial score (nSPS) is 12.1. The molecule has 1 aromatic carbocycles. The van der Waals surface area contributed by atoms with E-state index < -0.39 is 23.9 Å². The molecule has 1 aromatic rings. The summed E-state index contributed by atoms with van der Waals surface area (Å²) in [6, 6.07) is 4.07. The molecule has 2 N–H and O–H groups in total. The highest BCUT2D eigenvalue weighted by atomic mass is 19.1. The molecule has 2 amide bonds. The van der Waals surface area contributed by atoms with Gasteiger partial charge in [0.05, 0.1) is 0 Å². The molecule has 0 aliphatic carbocycles. The van der Waals surface area contributed by atoms with Crippen molar-refractivity contribution < 1.29 is 19.1 Å². The number of carboxylic acid groups (broad SMARTS) is 1. The van der Waals surface area contributed by atoms with Gasteiger partial charge in [-0.2, -0.15) is 0 Å². The third-order valence-corrected chi connectivity index (χ3v) is 2.89. The van der Waals surface area contributed by atoms with Crippen LogP contribution in [0.4, 0.5) is 14.9 Å². The summed E-state index contributed by atoms with van der Waals surface area (Å²) in [4.78, 5) is 24.5. The minimum Gasteiger partial charge on any atom is -0.480 e. The first-order valence-corrected chi connectivity index (χ1v) is 6.43. The van der Waals surface area contributed by atoms with Crippen molar-refractivity contribution in [3.05, 3.63) is 30.1 Å². The first-order valence-electron chi connectivity index (χ1n) is 6.43. The van der Waals surface area contributed by atoms with Crippen molar-refractivity contribution in [3.63, 3.8) is 0 Å². The minimum absolute atomic E-state index is 0.248. The molecule has 0 unspecified atom stereocenters. The molecule has 1 atom stereocenters. The van der Waals surface area contributed by atoms with Crippen LogP contribution in [0.25, 0.3) is 0 Å². The Morgan fingerprint density at radius 1 is 1.40 bits per heavy atom. The lowest BCUT2D eigenvalue weighted by Crippen LogP contribution is -2.50. The summed E-state index contributed by atoms with van der Waals surface area (Å²) in [5, 5.41) is 11.5. The third-order valence-electron chi connectivity index (χ3n) is 2.89. The highest BCUT2D eigenvalue weighted by molar-refractivity contribution is 5.94. The molecular weight excluding hydrogens is 263 g/mol. The number of benzene rings is 1. The van der Waals surface area contributed by atoms with Crippen LogP contribution in [-0.2, 0) is 4.79 Å². The van der Waals surface area contributed by atoms with Crippen LogP contribution in [0.5, 0.6) is 0 Å². The van der Waals surface area contributed by atoms with Crippen molar-refractivity contribution in [1.29, 1.82) is 0 Å². The van der Waals surface area contributed by atoms with Crippen molar-refractivity contribution in [2.24, 2.45) is 5.92 Å². The molecule has 5 nitrogen and oxygen atoms in total. The Hall–Kier alpha value is -2.11. The molecule has 0 aromatic heterocycles. The molecular formula is C14H19FN2O3. The number of anilines is 1. The summed E-state index contributed by atoms with van der Waals surface area (Å²) in [5.74, 6) is -1.79. The summed E-state index contributed by atoms with van der Waals surface area (Å²) in [6.45, 7) is 5.45. The second kappa shape index (κ2) is 6.88. The number of aliphatic carboxylic acids is 1. The second-order valence-corrected chi connectivity index (χ2v) is 4.73. The molecule has 0 heterocycles. The van der Waals surface area contributed by atoms with E-state index in [1.54, 1.807) is 26.8 Å². The third kappa shape index (κ3) is 3.94. The van der Waals surface area contributed by atoms with E-state index in [1.807, 2.05) is 0 Å². The SMILES string of the molecule is CCN(C(=O)N[C@H](C(=O)O)C(C)C)c1cccc(F)c1. The number of rotatable bonds is 5. The standard InChI is InChI=1S/C14H19FN2O3/c1-4-17(11-7-5-6-10(15)8-11)14(20)16-12(9(2)3)13(18)19/h5-9,12H,4H2,1-3H3,(H,16,20)(H,18,19)/t12-/m0/s1. The van der Waals surface area contributed by atoms with Gasteiger partial charge in [-0.25, -0.2) is 14.0 Å². The molecule has 0 aliphatic heterocycles. The van der Waals surface area contributed by atoms with Gasteiger partial charge in [-0.1, -0.05) is 19.9 Å². The maximum Gasteiger partial charge on any atom is 0.326 e. The van der Waals surface area contributed by atoms with Crippen LogP contribution in [0, 0.1) is 11.7 Å². The van der Waals surface area contributed by atoms with Crippen molar-refractivity contribution in [2.45, 2.75) is 26.8 Å². The Kier molecular flexibility index (Phi) is 5.49. The van der Waals surface area contributed by atoms with E-state index >= 15 is 0 Å². The second-order valence-electron chi connectivity index (χ2n) is 4.73. The van der Waals surface area contributed by atoms with Gasteiger partial charge in [0.2, 0.25) is 0 Å². The van der Waals surface area contributed by atoms with Crippen molar-refractivity contribution in [2.75, 3.05) is 11.4 Å². The van der Waals surface area contributed by atoms with Crippen LogP contribution < -0.4 is 10.2 Å². The Bertz CT molecular complexity index is 491. The van der Waals surface area contributed by atoms with E-state index in [0.29, 0.717) is 12.2 Å². The van der Waals surface area contributed by atoms with E-state index in [1.165, 1.54) is 23.1 Å². The van der Waals surface area contributed by atoms with Crippen LogP contribution in [-0.4, -0.2) is 29.7 Å². The smallest absolute Gasteiger partial charge is 0.326 e. The van der Waals surface area contributed by atoms with E-state index in [4.69, 9.17) is 5.11 Å². The fraction of sp³-hybridized carbons (Fsp3) is 0.429. The maximum atomic E-state index is 13.2. The molecule has 0 saturated carbocycles. The van der Waals surface area contributed by atoms with Gasteiger partial charge in [0.25, 0.3) is 0 Å². The van der Waals surface area contributed by atoms with Gasteiger partial charge in [0.15, 0.2) is 0 Å². The lowest BCUT2D eigenvalue weighted by Gasteiger charge is -2.25. The number of nitrogens with one attached hydrogen (secondary N) is 1. The Labute approximate surface area is 117 Å². The molecule has 0 fully saturated rings. The van der Waals surface area contributed by atoms with E-state index in [2.05, 4.69) is 5.32 Å². The van der Waals surface area contributed by atoms with Crippen LogP contribution in [0.1, 0.15) is 20.8 Å². The molecule has 20 heavy (non-hydrogen) atoms. The molecule has 0 aliphatic rings. The lowest BCUT2D eigenvalue weighted by atomic mass is 10.1. The molecule has 1 rings (SSSR count). The molecule has 110 valence electrons. The largest absolute Gasteiger partial charge is 0.480 e. The zero-order chi connectivity index (χ0) is 15.3. The predicted molar refractivity (Wildman–Crippen MR) is 74.2 cm³/mol. The van der Waals surface area contributed by atoms with Crippen LogP contribution in [0.3, 0.4) is 0 Å². The topological polar surface area (TPSA) is 69.6 Å². The van der Waals surface area contributed by atoms with E-state index in [0.717, 1.165) is 0 Å². The van der Waals surface area contributed by atoms with Crippen molar-refractivity contribution >= 4 is 17.7 Å². The zero-order valence-corrected chi connectivity index (χ0v) is 11.8. The monoisotopic (exact) mass is 282 g/mol. The van der Waals surface area contributed by atoms with Crippen LogP contribution >= 0.6 is 0 Å². The zero-order valence-electron chi connectivity index (χ0n) is 11.8. The fourth-order valence-electron chi connectivity index (χ4n) is 1.81. The summed E-state index contributed by atoms with van der Waals surface area (Å²) < 4.78 is 13.2. The summed E-state index contributed by atoms with van der Waals surface area (Å²) in [6.07, 6.45) is 0. The van der Waals surface area contributed by atoms with Crippen LogP contribution in [0.15, 0.2) is 24.3 Å². The number of carbonyl (C=O) groups excluding carboxylic acids is 1. The maximum absolute atomic E-state index is 13.2. The average molecular weight is 282 g/mol. The highest BCUT2D eigenvalue weighted by Crippen LogP contribution is 2.16. The molecule has 0 radical (unpaired) electrons. The van der Waals surface area contributed by atoms with Gasteiger partial charge in [0.1, 0.15) is 11.9 Å². The quantitative estimate of drug-likeness (QED) is 0.871. The summed E-state index contributed by atoms with van der Waals surface area (Å²) in [5.41, 5.74) is 0.387. The van der Waals surface area contributed by atoms with Crippen molar-refractivity contribution in [1.82, 2.24) is 5.32 Å². The first-order chi connectivity index (χ1) is 9.36. The molecule has 0 spiro atoms. The molecule has 0 bridgehead atoms. The van der Waals surface area contributed by atoms with Gasteiger partial charge in [-0.05, 0) is 31.0 Å². The number of urea groups is 1. The number of nitrogens with zero attached hydrogens (tertiary/aromatic N) is 1. The number of hydrogen-bond acceptors (Lipinski definition) is 2. The van der Waals surface area contributed by atoms with Gasteiger partial charge in [-0.15, -0.1) is 0 Å². The number of carbonyl (C=O) groups is 2.